The second kappa shape index (κ2) is 9.68. The zero-order valence-electron chi connectivity index (χ0n) is 20.9. The Morgan fingerprint density at radius 2 is 1.95 bits per heavy atom. The number of imidazole rings is 1. The molecule has 0 spiro atoms. The zero-order valence-corrected chi connectivity index (χ0v) is 20.9. The number of H-pyrrole nitrogens is 1. The fraction of sp³-hybridized carbons (Fsp3) is 0.444. The molecule has 3 aromatic rings. The number of hydrogen-bond donors (Lipinski definition) is 4. The van der Waals surface area contributed by atoms with Crippen LogP contribution in [0, 0.1) is 17.8 Å². The molecule has 3 heterocycles. The van der Waals surface area contributed by atoms with E-state index in [1.807, 2.05) is 24.3 Å². The van der Waals surface area contributed by atoms with E-state index in [1.165, 1.54) is 6.20 Å². The SMILES string of the molecule is CN1CCN(CCOc2ccc(-c3nc4ncc(O)c(NC5[C@@H](C(N)=O)[C@@H]6C=C[C@H]5C6)c4[nH]3)cc2)CC1. The molecule has 1 amide bonds. The largest absolute Gasteiger partial charge is 0.504 e. The number of aromatic amines is 1. The Balaban J connectivity index is 1.16. The molecule has 10 heteroatoms. The summed E-state index contributed by atoms with van der Waals surface area (Å²) in [5, 5.41) is 14.0. The van der Waals surface area contributed by atoms with Crippen molar-refractivity contribution in [1.82, 2.24) is 24.8 Å². The van der Waals surface area contributed by atoms with Crippen molar-refractivity contribution in [2.75, 3.05) is 51.7 Å². The van der Waals surface area contributed by atoms with Crippen molar-refractivity contribution in [3.05, 3.63) is 42.6 Å². The second-order valence-corrected chi connectivity index (χ2v) is 10.4. The number of carbonyl (C=O) groups is 1. The molecule has 1 saturated heterocycles. The number of anilines is 1. The summed E-state index contributed by atoms with van der Waals surface area (Å²) in [5.74, 6) is 1.14. The number of allylic oxidation sites excluding steroid dienone is 1. The number of carbonyl (C=O) groups excluding carboxylic acids is 1. The number of nitrogens with two attached hydrogens (primary N) is 1. The average Bonchev–Trinajstić information content (AvgIpc) is 3.62. The van der Waals surface area contributed by atoms with Crippen LogP contribution in [0.2, 0.25) is 0 Å². The van der Waals surface area contributed by atoms with E-state index in [1.54, 1.807) is 0 Å². The van der Waals surface area contributed by atoms with E-state index in [-0.39, 0.29) is 35.5 Å². The standard InChI is InChI=1S/C27H33N7O3/c1-33-8-10-34(11-9-33)12-13-37-19-6-4-16(5-7-19)26-31-24-23(20(35)15-29-27(24)32-26)30-22-18-3-2-17(14-18)21(22)25(28)36/h2-7,15,17-18,21-22,35H,8-14H2,1H3,(H2,28,36)(H2,29,30,31,32)/t17-,18+,21+,22?/m1/s1. The van der Waals surface area contributed by atoms with Crippen molar-refractivity contribution >= 4 is 22.8 Å². The Bertz CT molecular complexity index is 1310. The third-order valence-corrected chi connectivity index (χ3v) is 8.00. The van der Waals surface area contributed by atoms with Crippen LogP contribution < -0.4 is 15.8 Å². The van der Waals surface area contributed by atoms with E-state index in [2.05, 4.69) is 49.3 Å². The number of pyridine rings is 1. The summed E-state index contributed by atoms with van der Waals surface area (Å²) in [5.41, 5.74) is 8.17. The number of primary amides is 1. The van der Waals surface area contributed by atoms with Crippen LogP contribution in [-0.2, 0) is 4.79 Å². The highest BCUT2D eigenvalue weighted by Crippen LogP contribution is 2.46. The van der Waals surface area contributed by atoms with Crippen LogP contribution in [0.1, 0.15) is 6.42 Å². The summed E-state index contributed by atoms with van der Waals surface area (Å²) in [6.45, 7) is 5.91. The highest BCUT2D eigenvalue weighted by atomic mass is 16.5. The predicted molar refractivity (Wildman–Crippen MR) is 141 cm³/mol. The van der Waals surface area contributed by atoms with Crippen LogP contribution in [0.25, 0.3) is 22.6 Å². The van der Waals surface area contributed by atoms with Gasteiger partial charge < -0.3 is 30.8 Å². The van der Waals surface area contributed by atoms with Gasteiger partial charge in [0.05, 0.1) is 12.1 Å². The summed E-state index contributed by atoms with van der Waals surface area (Å²) in [4.78, 5) is 29.2. The summed E-state index contributed by atoms with van der Waals surface area (Å²) in [7, 11) is 2.16. The van der Waals surface area contributed by atoms with Crippen LogP contribution in [0.4, 0.5) is 5.69 Å². The van der Waals surface area contributed by atoms with Crippen LogP contribution in [0.5, 0.6) is 11.5 Å². The van der Waals surface area contributed by atoms with E-state index >= 15 is 0 Å². The van der Waals surface area contributed by atoms with Gasteiger partial charge in [-0.25, -0.2) is 9.97 Å². The number of aromatic nitrogens is 3. The topological polar surface area (TPSA) is 133 Å². The maximum Gasteiger partial charge on any atom is 0.223 e. The number of ether oxygens (including phenoxy) is 1. The Morgan fingerprint density at radius 3 is 2.70 bits per heavy atom. The summed E-state index contributed by atoms with van der Waals surface area (Å²) in [6.07, 6.45) is 6.48. The first-order chi connectivity index (χ1) is 18.0. The molecule has 10 nitrogen and oxygen atoms in total. The quantitative estimate of drug-likeness (QED) is 0.343. The summed E-state index contributed by atoms with van der Waals surface area (Å²) < 4.78 is 5.96. The van der Waals surface area contributed by atoms with Crippen molar-refractivity contribution in [2.45, 2.75) is 12.5 Å². The molecule has 1 saturated carbocycles. The number of nitrogens with zero attached hydrogens (tertiary/aromatic N) is 4. The minimum Gasteiger partial charge on any atom is -0.504 e. The fourth-order valence-electron chi connectivity index (χ4n) is 5.88. The van der Waals surface area contributed by atoms with E-state index in [0.29, 0.717) is 29.3 Å². The monoisotopic (exact) mass is 503 g/mol. The first-order valence-corrected chi connectivity index (χ1v) is 12.9. The molecule has 1 unspecified atom stereocenters. The van der Waals surface area contributed by atoms with Gasteiger partial charge in [0.1, 0.15) is 29.4 Å². The highest BCUT2D eigenvalue weighted by molar-refractivity contribution is 5.91. The normalized spacial score (nSPS) is 25.6. The van der Waals surface area contributed by atoms with Gasteiger partial charge in [-0.15, -0.1) is 0 Å². The van der Waals surface area contributed by atoms with Crippen molar-refractivity contribution < 1.29 is 14.6 Å². The van der Waals surface area contributed by atoms with E-state index in [0.717, 1.165) is 50.5 Å². The molecule has 6 rings (SSSR count). The fourth-order valence-corrected chi connectivity index (χ4v) is 5.88. The van der Waals surface area contributed by atoms with Gasteiger partial charge in [0, 0.05) is 44.3 Å². The molecule has 5 N–H and O–H groups in total. The maximum atomic E-state index is 12.2. The number of likely N-dealkylation sites (N-methyl/N-ethyl adjacent to an activating group) is 1. The van der Waals surface area contributed by atoms with Crippen molar-refractivity contribution in [3.8, 4) is 22.9 Å². The van der Waals surface area contributed by atoms with E-state index in [9.17, 15) is 9.90 Å². The molecule has 2 fully saturated rings. The number of amides is 1. The molecule has 37 heavy (non-hydrogen) atoms. The highest BCUT2D eigenvalue weighted by Gasteiger charge is 2.47. The lowest BCUT2D eigenvalue weighted by Crippen LogP contribution is -2.45. The number of benzene rings is 1. The summed E-state index contributed by atoms with van der Waals surface area (Å²) >= 11 is 0. The minimum absolute atomic E-state index is 0.00164. The van der Waals surface area contributed by atoms with Crippen LogP contribution >= 0.6 is 0 Å². The van der Waals surface area contributed by atoms with Crippen molar-refractivity contribution in [3.63, 3.8) is 0 Å². The number of aromatic hydroxyl groups is 1. The first kappa shape index (κ1) is 23.7. The average molecular weight is 504 g/mol. The van der Waals surface area contributed by atoms with Gasteiger partial charge in [-0.2, -0.15) is 0 Å². The molecule has 2 aliphatic carbocycles. The molecular weight excluding hydrogens is 470 g/mol. The van der Waals surface area contributed by atoms with Gasteiger partial charge in [0.2, 0.25) is 5.91 Å². The van der Waals surface area contributed by atoms with Crippen LogP contribution in [-0.4, -0.2) is 88.2 Å². The lowest BCUT2D eigenvalue weighted by molar-refractivity contribution is -0.122. The van der Waals surface area contributed by atoms with Gasteiger partial charge in [-0.1, -0.05) is 12.2 Å². The molecule has 3 aliphatic rings. The maximum absolute atomic E-state index is 12.2. The Labute approximate surface area is 215 Å². The molecule has 4 atom stereocenters. The zero-order chi connectivity index (χ0) is 25.5. The van der Waals surface area contributed by atoms with Crippen molar-refractivity contribution in [2.24, 2.45) is 23.5 Å². The number of nitrogens with one attached hydrogen (secondary N) is 2. The molecule has 1 aliphatic heterocycles. The van der Waals surface area contributed by atoms with Gasteiger partial charge in [-0.3, -0.25) is 9.69 Å². The molecule has 194 valence electrons. The smallest absolute Gasteiger partial charge is 0.223 e. The molecular formula is C27H33N7O3. The Kier molecular flexibility index (Phi) is 6.21. The van der Waals surface area contributed by atoms with Gasteiger partial charge in [0.25, 0.3) is 0 Å². The number of rotatable bonds is 8. The molecule has 2 bridgehead atoms. The summed E-state index contributed by atoms with van der Waals surface area (Å²) in [6, 6.07) is 7.61. The molecule has 2 aromatic heterocycles. The van der Waals surface area contributed by atoms with Crippen LogP contribution in [0.15, 0.2) is 42.6 Å². The number of hydrogen-bond acceptors (Lipinski definition) is 8. The Morgan fingerprint density at radius 1 is 1.19 bits per heavy atom. The van der Waals surface area contributed by atoms with Crippen molar-refractivity contribution in [1.29, 1.82) is 0 Å². The number of fused-ring (bicyclic) bond motifs is 3. The predicted octanol–water partition coefficient (Wildman–Crippen LogP) is 2.04. The first-order valence-electron chi connectivity index (χ1n) is 12.9. The van der Waals surface area contributed by atoms with Gasteiger partial charge in [0.15, 0.2) is 11.4 Å². The van der Waals surface area contributed by atoms with E-state index < -0.39 is 0 Å². The van der Waals surface area contributed by atoms with E-state index in [4.69, 9.17) is 10.5 Å². The third kappa shape index (κ3) is 4.62. The Hall–Kier alpha value is -3.63. The minimum atomic E-state index is -0.324. The van der Waals surface area contributed by atoms with Gasteiger partial charge in [-0.05, 0) is 49.6 Å². The van der Waals surface area contributed by atoms with Crippen LogP contribution in [0.3, 0.4) is 0 Å². The molecule has 1 aromatic carbocycles. The second-order valence-electron chi connectivity index (χ2n) is 10.4. The van der Waals surface area contributed by atoms with Gasteiger partial charge >= 0.3 is 0 Å². The number of piperazine rings is 1. The lowest BCUT2D eigenvalue weighted by atomic mass is 9.88. The molecule has 0 radical (unpaired) electrons. The lowest BCUT2D eigenvalue weighted by Gasteiger charge is -2.32. The third-order valence-electron chi connectivity index (χ3n) is 8.00.